The van der Waals surface area contributed by atoms with E-state index in [2.05, 4.69) is 12.1 Å². The van der Waals surface area contributed by atoms with Crippen molar-refractivity contribution < 1.29 is 14.3 Å². The molecule has 0 bridgehead atoms. The van der Waals surface area contributed by atoms with Crippen LogP contribution in [0.25, 0.3) is 0 Å². The normalized spacial score (nSPS) is 11.7. The summed E-state index contributed by atoms with van der Waals surface area (Å²) in [6, 6.07) is 15.9. The van der Waals surface area contributed by atoms with Crippen LogP contribution in [0.1, 0.15) is 18.1 Å². The summed E-state index contributed by atoms with van der Waals surface area (Å²) in [6.45, 7) is 2.50. The molecule has 0 saturated carbocycles. The lowest BCUT2D eigenvalue weighted by Crippen LogP contribution is -2.32. The molecule has 0 aliphatic heterocycles. The minimum absolute atomic E-state index is 0.0923. The van der Waals surface area contributed by atoms with Crippen molar-refractivity contribution in [2.75, 3.05) is 21.3 Å². The van der Waals surface area contributed by atoms with Gasteiger partial charge in [0.05, 0.1) is 19.5 Å². The summed E-state index contributed by atoms with van der Waals surface area (Å²) in [4.78, 5) is 14.3. The van der Waals surface area contributed by atoms with E-state index in [1.807, 2.05) is 50.4 Å². The van der Waals surface area contributed by atoms with Crippen molar-refractivity contribution in [3.8, 4) is 11.5 Å². The van der Waals surface area contributed by atoms with Gasteiger partial charge in [-0.25, -0.2) is 0 Å². The van der Waals surface area contributed by atoms with E-state index < -0.39 is 0 Å². The highest BCUT2D eigenvalue weighted by molar-refractivity contribution is 7.99. The third-order valence-corrected chi connectivity index (χ3v) is 5.14. The number of thioether (sulfide) groups is 1. The highest BCUT2D eigenvalue weighted by Gasteiger charge is 2.18. The molecule has 0 saturated heterocycles. The predicted molar refractivity (Wildman–Crippen MR) is 103 cm³/mol. The molecule has 2 rings (SSSR count). The van der Waals surface area contributed by atoms with Crippen molar-refractivity contribution >= 4 is 17.7 Å². The maximum absolute atomic E-state index is 12.6. The highest BCUT2D eigenvalue weighted by atomic mass is 32.2. The van der Waals surface area contributed by atoms with E-state index in [1.54, 1.807) is 30.9 Å². The van der Waals surface area contributed by atoms with Crippen molar-refractivity contribution in [2.45, 2.75) is 24.5 Å². The van der Waals surface area contributed by atoms with Gasteiger partial charge in [-0.2, -0.15) is 0 Å². The molecule has 134 valence electrons. The van der Waals surface area contributed by atoms with Gasteiger partial charge < -0.3 is 14.4 Å². The zero-order valence-electron chi connectivity index (χ0n) is 15.2. The number of rotatable bonds is 8. The maximum Gasteiger partial charge on any atom is 0.235 e. The quantitative estimate of drug-likeness (QED) is 0.714. The van der Waals surface area contributed by atoms with Gasteiger partial charge in [0.2, 0.25) is 5.91 Å². The molecule has 1 amide bonds. The molecule has 0 aromatic heterocycles. The number of amides is 1. The zero-order chi connectivity index (χ0) is 18.2. The van der Waals surface area contributed by atoms with E-state index in [0.29, 0.717) is 18.0 Å². The Morgan fingerprint density at radius 1 is 1.04 bits per heavy atom. The van der Waals surface area contributed by atoms with Crippen molar-refractivity contribution in [3.05, 3.63) is 59.7 Å². The molecule has 0 aliphatic rings. The van der Waals surface area contributed by atoms with E-state index in [9.17, 15) is 4.79 Å². The standard InChI is InChI=1S/C20H25NO3S/c1-15(25-14-16-8-6-5-7-9-16)20(22)21(2)13-17-10-11-18(23-3)19(12-17)24-4/h5-12,15H,13-14H2,1-4H3/t15-/m0/s1. The zero-order valence-corrected chi connectivity index (χ0v) is 16.0. The van der Waals surface area contributed by atoms with Crippen molar-refractivity contribution in [2.24, 2.45) is 0 Å². The number of methoxy groups -OCH3 is 2. The first kappa shape index (κ1) is 19.2. The molecule has 0 spiro atoms. The Morgan fingerprint density at radius 2 is 1.72 bits per heavy atom. The first-order chi connectivity index (χ1) is 12.0. The molecule has 2 aromatic carbocycles. The molecular weight excluding hydrogens is 334 g/mol. The third kappa shape index (κ3) is 5.43. The molecule has 0 unspecified atom stereocenters. The second-order valence-corrected chi connectivity index (χ2v) is 7.15. The van der Waals surface area contributed by atoms with E-state index >= 15 is 0 Å². The second kappa shape index (κ2) is 9.37. The van der Waals surface area contributed by atoms with Gasteiger partial charge in [-0.3, -0.25) is 4.79 Å². The fraction of sp³-hybridized carbons (Fsp3) is 0.350. The fourth-order valence-electron chi connectivity index (χ4n) is 2.51. The first-order valence-corrected chi connectivity index (χ1v) is 9.21. The van der Waals surface area contributed by atoms with Crippen LogP contribution in [0.3, 0.4) is 0 Å². The number of ether oxygens (including phenoxy) is 2. The monoisotopic (exact) mass is 359 g/mol. The lowest BCUT2D eigenvalue weighted by Gasteiger charge is -2.22. The predicted octanol–water partition coefficient (Wildman–Crippen LogP) is 3.98. The Balaban J connectivity index is 1.93. The topological polar surface area (TPSA) is 38.8 Å². The largest absolute Gasteiger partial charge is 0.493 e. The van der Waals surface area contributed by atoms with Crippen LogP contribution >= 0.6 is 11.8 Å². The van der Waals surface area contributed by atoms with Crippen LogP contribution in [0.4, 0.5) is 0 Å². The fourth-order valence-corrected chi connectivity index (χ4v) is 3.47. The van der Waals surface area contributed by atoms with Crippen LogP contribution in [0, 0.1) is 0 Å². The van der Waals surface area contributed by atoms with E-state index in [0.717, 1.165) is 11.3 Å². The van der Waals surface area contributed by atoms with Crippen LogP contribution in [0.2, 0.25) is 0 Å². The molecule has 4 nitrogen and oxygen atoms in total. The molecule has 0 fully saturated rings. The SMILES string of the molecule is COc1ccc(CN(C)C(=O)[C@H](C)SCc2ccccc2)cc1OC. The Kier molecular flexibility index (Phi) is 7.19. The average Bonchev–Trinajstić information content (AvgIpc) is 2.66. The lowest BCUT2D eigenvalue weighted by atomic mass is 10.2. The van der Waals surface area contributed by atoms with Gasteiger partial charge in [-0.15, -0.1) is 11.8 Å². The van der Waals surface area contributed by atoms with Gasteiger partial charge in [-0.1, -0.05) is 36.4 Å². The number of hydrogen-bond donors (Lipinski definition) is 0. The van der Waals surface area contributed by atoms with Crippen molar-refractivity contribution in [1.29, 1.82) is 0 Å². The summed E-state index contributed by atoms with van der Waals surface area (Å²) in [7, 11) is 5.05. The van der Waals surface area contributed by atoms with Gasteiger partial charge in [0.15, 0.2) is 11.5 Å². The summed E-state index contributed by atoms with van der Waals surface area (Å²) in [5, 5.41) is -0.0923. The van der Waals surface area contributed by atoms with Crippen LogP contribution in [0.15, 0.2) is 48.5 Å². The number of carbonyl (C=O) groups excluding carboxylic acids is 1. The minimum atomic E-state index is -0.0923. The average molecular weight is 359 g/mol. The number of nitrogens with zero attached hydrogens (tertiary/aromatic N) is 1. The van der Waals surface area contributed by atoms with E-state index in [4.69, 9.17) is 9.47 Å². The molecule has 0 heterocycles. The molecule has 0 radical (unpaired) electrons. The molecule has 25 heavy (non-hydrogen) atoms. The smallest absolute Gasteiger partial charge is 0.235 e. The van der Waals surface area contributed by atoms with E-state index in [-0.39, 0.29) is 11.2 Å². The van der Waals surface area contributed by atoms with Crippen molar-refractivity contribution in [1.82, 2.24) is 4.90 Å². The summed E-state index contributed by atoms with van der Waals surface area (Å²) in [5.41, 5.74) is 2.24. The second-order valence-electron chi connectivity index (χ2n) is 5.82. The Hall–Kier alpha value is -2.14. The van der Waals surface area contributed by atoms with Gasteiger partial charge in [0, 0.05) is 19.3 Å². The molecule has 0 aliphatic carbocycles. The minimum Gasteiger partial charge on any atom is -0.493 e. The molecule has 1 atom stereocenters. The van der Waals surface area contributed by atoms with Crippen LogP contribution in [-0.4, -0.2) is 37.3 Å². The molecule has 0 N–H and O–H groups in total. The summed E-state index contributed by atoms with van der Waals surface area (Å²) in [6.07, 6.45) is 0. The molecule has 5 heteroatoms. The van der Waals surface area contributed by atoms with Gasteiger partial charge >= 0.3 is 0 Å². The van der Waals surface area contributed by atoms with Crippen LogP contribution in [0.5, 0.6) is 11.5 Å². The molecule has 2 aromatic rings. The molecular formula is C20H25NO3S. The van der Waals surface area contributed by atoms with Gasteiger partial charge in [-0.05, 0) is 30.2 Å². The summed E-state index contributed by atoms with van der Waals surface area (Å²) >= 11 is 1.65. The Morgan fingerprint density at radius 3 is 2.36 bits per heavy atom. The third-order valence-electron chi connectivity index (χ3n) is 3.93. The Labute approximate surface area is 154 Å². The van der Waals surface area contributed by atoms with Gasteiger partial charge in [0.25, 0.3) is 0 Å². The van der Waals surface area contributed by atoms with Crippen molar-refractivity contribution in [3.63, 3.8) is 0 Å². The lowest BCUT2D eigenvalue weighted by molar-refractivity contribution is -0.129. The maximum atomic E-state index is 12.6. The highest BCUT2D eigenvalue weighted by Crippen LogP contribution is 2.28. The number of benzene rings is 2. The number of hydrogen-bond acceptors (Lipinski definition) is 4. The van der Waals surface area contributed by atoms with Crippen LogP contribution < -0.4 is 9.47 Å². The number of carbonyl (C=O) groups is 1. The van der Waals surface area contributed by atoms with Gasteiger partial charge in [0.1, 0.15) is 0 Å². The Bertz CT molecular complexity index is 691. The first-order valence-electron chi connectivity index (χ1n) is 8.16. The summed E-state index contributed by atoms with van der Waals surface area (Å²) in [5.74, 6) is 2.31. The summed E-state index contributed by atoms with van der Waals surface area (Å²) < 4.78 is 10.6. The van der Waals surface area contributed by atoms with E-state index in [1.165, 1.54) is 5.56 Å². The van der Waals surface area contributed by atoms with Crippen LogP contribution in [-0.2, 0) is 17.1 Å².